The number of hydrogen-bond donors (Lipinski definition) is 1. The molecule has 7 nitrogen and oxygen atoms in total. The molecule has 1 saturated heterocycles. The number of benzene rings is 1. The van der Waals surface area contributed by atoms with E-state index >= 15 is 0 Å². The fourth-order valence-electron chi connectivity index (χ4n) is 2.26. The fourth-order valence-corrected chi connectivity index (χ4v) is 2.71. The standard InChI is InChI=1S/C16H23NO6S/c1-11(24(3,19)20)16(18)17-12-6-7-14(21-2)15(9-12)23-10-13-5-4-8-22-13/h6-7,9,11,13H,4-5,8,10H2,1-3H3,(H,17,18). The molecule has 0 aromatic heterocycles. The average Bonchev–Trinajstić information content (AvgIpc) is 3.04. The quantitative estimate of drug-likeness (QED) is 0.797. The Morgan fingerprint density at radius 1 is 1.42 bits per heavy atom. The predicted octanol–water partition coefficient (Wildman–Crippen LogP) is 1.62. The van der Waals surface area contributed by atoms with Crippen LogP contribution in [0.5, 0.6) is 11.5 Å². The molecule has 0 saturated carbocycles. The minimum absolute atomic E-state index is 0.0539. The Hall–Kier alpha value is -1.80. The van der Waals surface area contributed by atoms with Crippen LogP contribution in [0.4, 0.5) is 5.69 Å². The van der Waals surface area contributed by atoms with Crippen LogP contribution in [-0.2, 0) is 19.4 Å². The molecule has 1 aliphatic rings. The van der Waals surface area contributed by atoms with Gasteiger partial charge in [0.2, 0.25) is 5.91 Å². The Balaban J connectivity index is 2.08. The number of ether oxygens (including phenoxy) is 3. The number of carbonyl (C=O) groups excluding carboxylic acids is 1. The maximum absolute atomic E-state index is 12.0. The summed E-state index contributed by atoms with van der Waals surface area (Å²) >= 11 is 0. The smallest absolute Gasteiger partial charge is 0.242 e. The van der Waals surface area contributed by atoms with Crippen molar-refractivity contribution in [1.29, 1.82) is 0 Å². The lowest BCUT2D eigenvalue weighted by molar-refractivity contribution is -0.115. The molecule has 1 amide bonds. The highest BCUT2D eigenvalue weighted by Gasteiger charge is 2.24. The van der Waals surface area contributed by atoms with Gasteiger partial charge in [-0.2, -0.15) is 0 Å². The Bertz CT molecular complexity index is 682. The van der Waals surface area contributed by atoms with Crippen LogP contribution >= 0.6 is 0 Å². The summed E-state index contributed by atoms with van der Waals surface area (Å²) in [5.41, 5.74) is 0.443. The highest BCUT2D eigenvalue weighted by atomic mass is 32.2. The summed E-state index contributed by atoms with van der Waals surface area (Å²) in [6.45, 7) is 2.49. The third-order valence-electron chi connectivity index (χ3n) is 3.89. The first-order valence-electron chi connectivity index (χ1n) is 7.73. The Morgan fingerprint density at radius 3 is 2.75 bits per heavy atom. The number of sulfone groups is 1. The van der Waals surface area contributed by atoms with Crippen LogP contribution in [0.3, 0.4) is 0 Å². The van der Waals surface area contributed by atoms with Crippen molar-refractivity contribution in [3.05, 3.63) is 18.2 Å². The van der Waals surface area contributed by atoms with Gasteiger partial charge in [0.1, 0.15) is 11.9 Å². The molecule has 0 spiro atoms. The second kappa shape index (κ2) is 7.85. The van der Waals surface area contributed by atoms with Crippen LogP contribution in [0.15, 0.2) is 18.2 Å². The van der Waals surface area contributed by atoms with Crippen LogP contribution in [0, 0.1) is 0 Å². The molecule has 8 heteroatoms. The van der Waals surface area contributed by atoms with Gasteiger partial charge in [0.25, 0.3) is 0 Å². The molecule has 134 valence electrons. The second-order valence-corrected chi connectivity index (χ2v) is 8.14. The monoisotopic (exact) mass is 357 g/mol. The van der Waals surface area contributed by atoms with E-state index in [4.69, 9.17) is 14.2 Å². The maximum Gasteiger partial charge on any atom is 0.242 e. The van der Waals surface area contributed by atoms with E-state index < -0.39 is 21.0 Å². The van der Waals surface area contributed by atoms with E-state index in [1.54, 1.807) is 18.2 Å². The molecule has 1 heterocycles. The molecule has 0 radical (unpaired) electrons. The van der Waals surface area contributed by atoms with Gasteiger partial charge >= 0.3 is 0 Å². The number of amides is 1. The molecule has 0 aliphatic carbocycles. The van der Waals surface area contributed by atoms with Crippen molar-refractivity contribution >= 4 is 21.4 Å². The molecule has 2 unspecified atom stereocenters. The SMILES string of the molecule is COc1ccc(NC(=O)C(C)S(C)(=O)=O)cc1OCC1CCCO1. The lowest BCUT2D eigenvalue weighted by Gasteiger charge is -2.16. The van der Waals surface area contributed by atoms with Gasteiger partial charge in [-0.15, -0.1) is 0 Å². The maximum atomic E-state index is 12.0. The minimum Gasteiger partial charge on any atom is -0.493 e. The molecule has 1 fully saturated rings. The summed E-state index contributed by atoms with van der Waals surface area (Å²) in [5.74, 6) is 0.410. The van der Waals surface area contributed by atoms with Crippen LogP contribution in [0.25, 0.3) is 0 Å². The van der Waals surface area contributed by atoms with Crippen LogP contribution in [0.1, 0.15) is 19.8 Å². The van der Waals surface area contributed by atoms with E-state index in [1.165, 1.54) is 14.0 Å². The number of methoxy groups -OCH3 is 1. The highest BCUT2D eigenvalue weighted by Crippen LogP contribution is 2.31. The van der Waals surface area contributed by atoms with Gasteiger partial charge in [-0.3, -0.25) is 4.79 Å². The Kier molecular flexibility index (Phi) is 6.06. The van der Waals surface area contributed by atoms with Gasteiger partial charge in [-0.05, 0) is 31.9 Å². The normalized spacial score (nSPS) is 18.9. The molecule has 1 aromatic carbocycles. The fraction of sp³-hybridized carbons (Fsp3) is 0.562. The largest absolute Gasteiger partial charge is 0.493 e. The number of anilines is 1. The molecule has 1 aliphatic heterocycles. The van der Waals surface area contributed by atoms with E-state index in [0.29, 0.717) is 23.8 Å². The summed E-state index contributed by atoms with van der Waals surface area (Å²) in [5, 5.41) is 1.45. The first-order valence-corrected chi connectivity index (χ1v) is 9.69. The van der Waals surface area contributed by atoms with Gasteiger partial charge in [0.15, 0.2) is 21.3 Å². The molecule has 1 N–H and O–H groups in total. The summed E-state index contributed by atoms with van der Waals surface area (Å²) in [7, 11) is -1.92. The van der Waals surface area contributed by atoms with Crippen molar-refractivity contribution in [3.63, 3.8) is 0 Å². The van der Waals surface area contributed by atoms with Crippen molar-refractivity contribution in [3.8, 4) is 11.5 Å². The van der Waals surface area contributed by atoms with E-state index in [2.05, 4.69) is 5.32 Å². The van der Waals surface area contributed by atoms with Crippen molar-refractivity contribution in [2.75, 3.05) is 31.9 Å². The van der Waals surface area contributed by atoms with Crippen LogP contribution in [-0.4, -0.2) is 52.3 Å². The number of hydrogen-bond acceptors (Lipinski definition) is 6. The second-order valence-electron chi connectivity index (χ2n) is 5.77. The molecule has 0 bridgehead atoms. The van der Waals surface area contributed by atoms with E-state index in [0.717, 1.165) is 25.7 Å². The van der Waals surface area contributed by atoms with E-state index in [9.17, 15) is 13.2 Å². The molecule has 2 rings (SSSR count). The lowest BCUT2D eigenvalue weighted by Crippen LogP contribution is -2.31. The van der Waals surface area contributed by atoms with Gasteiger partial charge < -0.3 is 19.5 Å². The van der Waals surface area contributed by atoms with Gasteiger partial charge in [0.05, 0.1) is 13.2 Å². The van der Waals surface area contributed by atoms with Crippen LogP contribution < -0.4 is 14.8 Å². The Morgan fingerprint density at radius 2 is 2.17 bits per heavy atom. The average molecular weight is 357 g/mol. The highest BCUT2D eigenvalue weighted by molar-refractivity contribution is 7.92. The summed E-state index contributed by atoms with van der Waals surface area (Å²) in [6.07, 6.45) is 3.05. The predicted molar refractivity (Wildman–Crippen MR) is 90.4 cm³/mol. The van der Waals surface area contributed by atoms with Gasteiger partial charge in [0, 0.05) is 24.6 Å². The number of carbonyl (C=O) groups is 1. The summed E-state index contributed by atoms with van der Waals surface area (Å²) < 4.78 is 39.4. The third-order valence-corrected chi connectivity index (χ3v) is 5.39. The topological polar surface area (TPSA) is 90.9 Å². The summed E-state index contributed by atoms with van der Waals surface area (Å²) in [4.78, 5) is 12.0. The van der Waals surface area contributed by atoms with Gasteiger partial charge in [-0.25, -0.2) is 8.42 Å². The number of nitrogens with one attached hydrogen (secondary N) is 1. The Labute approximate surface area is 142 Å². The molecular weight excluding hydrogens is 334 g/mol. The zero-order valence-corrected chi connectivity index (χ0v) is 14.9. The van der Waals surface area contributed by atoms with E-state index in [1.807, 2.05) is 0 Å². The van der Waals surface area contributed by atoms with Crippen molar-refractivity contribution in [2.24, 2.45) is 0 Å². The first-order chi connectivity index (χ1) is 11.3. The molecule has 24 heavy (non-hydrogen) atoms. The first kappa shape index (κ1) is 18.5. The van der Waals surface area contributed by atoms with Gasteiger partial charge in [-0.1, -0.05) is 0 Å². The van der Waals surface area contributed by atoms with Crippen molar-refractivity contribution in [2.45, 2.75) is 31.1 Å². The van der Waals surface area contributed by atoms with Crippen molar-refractivity contribution < 1.29 is 27.4 Å². The molecule has 2 atom stereocenters. The third kappa shape index (κ3) is 4.85. The zero-order valence-electron chi connectivity index (χ0n) is 14.1. The van der Waals surface area contributed by atoms with Crippen LogP contribution in [0.2, 0.25) is 0 Å². The number of rotatable bonds is 7. The molecular formula is C16H23NO6S. The van der Waals surface area contributed by atoms with Crippen molar-refractivity contribution in [1.82, 2.24) is 0 Å². The lowest BCUT2D eigenvalue weighted by atomic mass is 10.2. The van der Waals surface area contributed by atoms with E-state index in [-0.39, 0.29) is 6.10 Å². The minimum atomic E-state index is -3.45. The molecule has 1 aromatic rings. The summed E-state index contributed by atoms with van der Waals surface area (Å²) in [6, 6.07) is 4.90. The zero-order chi connectivity index (χ0) is 17.7.